The number of nitrogens with two attached hydrogens (primary N) is 1. The Kier molecular flexibility index (Phi) is 38.4. The zero-order valence-electron chi connectivity index (χ0n) is 56.2. The third kappa shape index (κ3) is 32.9. The Labute approximate surface area is 544 Å². The van der Waals surface area contributed by atoms with Crippen LogP contribution in [0.4, 0.5) is 4.79 Å². The maximum absolute atomic E-state index is 13.3. The molecule has 0 aromatic heterocycles. The Morgan fingerprint density at radius 1 is 0.538 bits per heavy atom. The largest absolute Gasteiger partial charge is 0.478 e. The van der Waals surface area contributed by atoms with Crippen LogP contribution in [0.15, 0.2) is 36.4 Å². The summed E-state index contributed by atoms with van der Waals surface area (Å²) in [7, 11) is 0. The maximum Gasteiger partial charge on any atom is 0.431 e. The SMILES string of the molecule is CC(C)(C)OC(=O)NOCCOCCOCCN.CC[C@H]1O[C@@H](Oc2ccc(CO)cc2C(=O)CCCOCCOCCOCC(=O)OC(C)(C)C)[C@H](OC(C)=O)[C@@H](OC(C)=O)[C@H]1C.CC[C@H]1O[C@@H](Oc2ccc(CO)cc2C(=O)O)[C@H](OC(C)=O)[C@@H](OC(C)=O)[C@H]1C. The van der Waals surface area contributed by atoms with E-state index in [2.05, 4.69) is 5.48 Å². The van der Waals surface area contributed by atoms with E-state index in [0.29, 0.717) is 83.2 Å². The molecule has 10 atom stereocenters. The van der Waals surface area contributed by atoms with E-state index in [1.54, 1.807) is 59.7 Å². The van der Waals surface area contributed by atoms with Gasteiger partial charge in [-0.1, -0.05) is 39.8 Å². The van der Waals surface area contributed by atoms with E-state index in [9.17, 15) is 53.7 Å². The van der Waals surface area contributed by atoms with Gasteiger partial charge in [0.25, 0.3) is 0 Å². The molecule has 93 heavy (non-hydrogen) atoms. The van der Waals surface area contributed by atoms with Gasteiger partial charge < -0.3 is 92.1 Å². The third-order valence-electron chi connectivity index (χ3n) is 13.1. The highest BCUT2D eigenvalue weighted by atomic mass is 16.7. The molecule has 0 saturated carbocycles. The maximum atomic E-state index is 13.3. The highest BCUT2D eigenvalue weighted by Gasteiger charge is 2.50. The van der Waals surface area contributed by atoms with Crippen molar-refractivity contribution in [1.82, 2.24) is 5.48 Å². The van der Waals surface area contributed by atoms with E-state index in [1.807, 2.05) is 27.7 Å². The quantitative estimate of drug-likeness (QED) is 0.0177. The van der Waals surface area contributed by atoms with Gasteiger partial charge in [-0.2, -0.15) is 5.48 Å². The molecule has 2 saturated heterocycles. The number of benzene rings is 2. The van der Waals surface area contributed by atoms with Crippen LogP contribution in [-0.4, -0.2) is 203 Å². The molecular formula is C64H100N2O27. The predicted octanol–water partition coefficient (Wildman–Crippen LogP) is 5.87. The molecule has 2 aromatic carbocycles. The molecule has 2 aliphatic rings. The van der Waals surface area contributed by atoms with Crippen LogP contribution >= 0.6 is 0 Å². The number of aromatic carboxylic acids is 1. The number of ketones is 1. The summed E-state index contributed by atoms with van der Waals surface area (Å²) in [4.78, 5) is 99.7. The minimum Gasteiger partial charge on any atom is -0.478 e. The highest BCUT2D eigenvalue weighted by Crippen LogP contribution is 2.37. The number of ether oxygens (including phenoxy) is 15. The molecule has 2 aliphatic heterocycles. The van der Waals surface area contributed by atoms with E-state index in [0.717, 1.165) is 0 Å². The van der Waals surface area contributed by atoms with Crippen LogP contribution in [0, 0.1) is 11.8 Å². The number of hydroxylamine groups is 1. The van der Waals surface area contributed by atoms with Crippen LogP contribution in [0.2, 0.25) is 0 Å². The molecule has 0 aliphatic carbocycles. The summed E-state index contributed by atoms with van der Waals surface area (Å²) >= 11 is 0. The van der Waals surface area contributed by atoms with Gasteiger partial charge in [0.1, 0.15) is 47.1 Å². The average molecular weight is 1330 g/mol. The minimum absolute atomic E-state index is 0.0252. The highest BCUT2D eigenvalue weighted by molar-refractivity contribution is 5.99. The Balaban J connectivity index is 0.000000531. The number of esters is 5. The van der Waals surface area contributed by atoms with Crippen LogP contribution in [0.1, 0.15) is 154 Å². The van der Waals surface area contributed by atoms with Gasteiger partial charge in [0.05, 0.1) is 90.4 Å². The number of carbonyl (C=O) groups is 8. The fourth-order valence-electron chi connectivity index (χ4n) is 9.11. The summed E-state index contributed by atoms with van der Waals surface area (Å²) in [5, 5.41) is 28.4. The summed E-state index contributed by atoms with van der Waals surface area (Å²) in [6.45, 7) is 26.4. The molecule has 2 aromatic rings. The first kappa shape index (κ1) is 82.5. The van der Waals surface area contributed by atoms with Gasteiger partial charge >= 0.3 is 41.9 Å². The number of Topliss-reactive ketones (excluding diaryl/α,β-unsaturated/α-hetero) is 1. The lowest BCUT2D eigenvalue weighted by Gasteiger charge is -2.44. The number of hydrogen-bond acceptors (Lipinski definition) is 27. The molecule has 0 unspecified atom stereocenters. The standard InChI is InChI=1S/C33H50O13.C20H26O9.C11H24N2O5/c1-8-27-21(2)30(42-22(3)35)31(43-23(4)36)32(44-27)45-28-12-11-24(19-34)18-25(28)26(37)10-9-13-39-14-15-40-16-17-41-20-29(38)46-33(5,6)7;1-5-15-10(2)17(26-11(3)22)18(27-12(4)23)20(28-15)29-16-7-6-13(9-21)8-14(16)19(24)25;1-11(2,3)18-10(14)13-17-9-8-16-7-6-15-5-4-12/h11-12,18,21,27,30-32,34H,8-10,13-17,19-20H2,1-7H3;6-8,10,15,17-18,20-21H,5,9H2,1-4H3,(H,24,25);4-9,12H2,1-3H3,(H,13,14)/t21-,27+,30-,31+,32-;10-,15+,17-,18+,20-;/m00./s1. The Hall–Kier alpha value is -6.64. The number of carboxylic acid groups (broad SMARTS) is 1. The molecule has 528 valence electrons. The van der Waals surface area contributed by atoms with Crippen molar-refractivity contribution >= 4 is 47.7 Å². The molecule has 0 bridgehead atoms. The van der Waals surface area contributed by atoms with Crippen molar-refractivity contribution in [3.63, 3.8) is 0 Å². The lowest BCUT2D eigenvalue weighted by Crippen LogP contribution is -2.58. The predicted molar refractivity (Wildman–Crippen MR) is 329 cm³/mol. The van der Waals surface area contributed by atoms with E-state index < -0.39 is 90.1 Å². The zero-order valence-corrected chi connectivity index (χ0v) is 56.2. The molecule has 0 radical (unpaired) electrons. The number of hydrogen-bond donors (Lipinski definition) is 5. The number of aliphatic hydroxyl groups is 2. The van der Waals surface area contributed by atoms with Crippen molar-refractivity contribution in [1.29, 1.82) is 0 Å². The Morgan fingerprint density at radius 2 is 0.935 bits per heavy atom. The van der Waals surface area contributed by atoms with Gasteiger partial charge in [-0.15, -0.1) is 0 Å². The first-order valence-electron chi connectivity index (χ1n) is 30.9. The second-order valence-electron chi connectivity index (χ2n) is 23.3. The summed E-state index contributed by atoms with van der Waals surface area (Å²) in [5.74, 6) is -4.68. The van der Waals surface area contributed by atoms with Crippen LogP contribution in [0.5, 0.6) is 11.5 Å². The van der Waals surface area contributed by atoms with E-state index >= 15 is 0 Å². The smallest absolute Gasteiger partial charge is 0.431 e. The number of rotatable bonds is 35. The lowest BCUT2D eigenvalue weighted by molar-refractivity contribution is -0.266. The molecule has 2 fully saturated rings. The number of amides is 1. The van der Waals surface area contributed by atoms with Gasteiger partial charge in [0.2, 0.25) is 24.8 Å². The summed E-state index contributed by atoms with van der Waals surface area (Å²) < 4.78 is 82.5. The van der Waals surface area contributed by atoms with Crippen LogP contribution in [0.25, 0.3) is 0 Å². The topological polar surface area (TPSA) is 383 Å². The van der Waals surface area contributed by atoms with Crippen molar-refractivity contribution in [2.24, 2.45) is 17.6 Å². The van der Waals surface area contributed by atoms with Crippen molar-refractivity contribution in [3.8, 4) is 11.5 Å². The number of carbonyl (C=O) groups excluding carboxylic acids is 7. The van der Waals surface area contributed by atoms with Gasteiger partial charge in [0, 0.05) is 59.1 Å². The number of carboxylic acids is 1. The first-order valence-corrected chi connectivity index (χ1v) is 30.9. The molecule has 0 spiro atoms. The van der Waals surface area contributed by atoms with Gasteiger partial charge in [-0.25, -0.2) is 14.4 Å². The third-order valence-corrected chi connectivity index (χ3v) is 13.1. The van der Waals surface area contributed by atoms with Crippen LogP contribution in [-0.2, 0) is 104 Å². The molecule has 29 nitrogen and oxygen atoms in total. The van der Waals surface area contributed by atoms with Crippen molar-refractivity contribution in [2.75, 3.05) is 79.2 Å². The molecule has 6 N–H and O–H groups in total. The molecule has 29 heteroatoms. The van der Waals surface area contributed by atoms with Gasteiger partial charge in [-0.3, -0.25) is 28.8 Å². The first-order chi connectivity index (χ1) is 43.9. The Bertz CT molecular complexity index is 2610. The van der Waals surface area contributed by atoms with E-state index in [4.69, 9.17) is 81.6 Å². The van der Waals surface area contributed by atoms with Crippen LogP contribution in [0.3, 0.4) is 0 Å². The summed E-state index contributed by atoms with van der Waals surface area (Å²) in [6.07, 6.45) is -5.84. The normalized spacial score (nSPS) is 21.0. The molecule has 2 heterocycles. The lowest BCUT2D eigenvalue weighted by atomic mass is 9.89. The second-order valence-corrected chi connectivity index (χ2v) is 23.3. The number of nitrogens with one attached hydrogen (secondary N) is 1. The zero-order chi connectivity index (χ0) is 69.8. The van der Waals surface area contributed by atoms with Gasteiger partial charge in [0.15, 0.2) is 5.78 Å². The Morgan fingerprint density at radius 3 is 1.34 bits per heavy atom. The van der Waals surface area contributed by atoms with Crippen molar-refractivity contribution < 1.29 is 130 Å². The number of aliphatic hydroxyl groups excluding tert-OH is 2. The van der Waals surface area contributed by atoms with Gasteiger partial charge in [-0.05, 0) is 96.2 Å². The second kappa shape index (κ2) is 43.4. The molecular weight excluding hydrogens is 1230 g/mol. The monoisotopic (exact) mass is 1330 g/mol. The fourth-order valence-corrected chi connectivity index (χ4v) is 9.11. The van der Waals surface area contributed by atoms with E-state index in [-0.39, 0.29) is 98.5 Å². The van der Waals surface area contributed by atoms with E-state index in [1.165, 1.54) is 45.9 Å². The fraction of sp³-hybridized carbons (Fsp3) is 0.688. The van der Waals surface area contributed by atoms with Crippen molar-refractivity contribution in [3.05, 3.63) is 58.7 Å². The summed E-state index contributed by atoms with van der Waals surface area (Å²) in [6, 6.07) is 8.90. The average Bonchev–Trinajstić information content (AvgIpc) is 0.957. The molecule has 1 amide bonds. The minimum atomic E-state index is -1.26. The molecule has 4 rings (SSSR count). The summed E-state index contributed by atoms with van der Waals surface area (Å²) in [5.41, 5.74) is 7.26. The van der Waals surface area contributed by atoms with Crippen molar-refractivity contribution in [2.45, 2.75) is 196 Å². The van der Waals surface area contributed by atoms with Crippen LogP contribution < -0.4 is 20.7 Å².